The zero-order chi connectivity index (χ0) is 17.4. The van der Waals surface area contributed by atoms with Gasteiger partial charge in [0.25, 0.3) is 0 Å². The van der Waals surface area contributed by atoms with Gasteiger partial charge in [-0.1, -0.05) is 31.7 Å². The molecule has 0 heterocycles. The summed E-state index contributed by atoms with van der Waals surface area (Å²) in [6, 6.07) is 5.54. The number of nitrogens with one attached hydrogen (secondary N) is 2. The Labute approximate surface area is 144 Å². The lowest BCUT2D eigenvalue weighted by Gasteiger charge is -2.14. The van der Waals surface area contributed by atoms with E-state index in [1.807, 2.05) is 12.1 Å². The van der Waals surface area contributed by atoms with Crippen LogP contribution >= 0.6 is 0 Å². The summed E-state index contributed by atoms with van der Waals surface area (Å²) < 4.78 is 5.24. The average Bonchev–Trinajstić information content (AvgIpc) is 2.81. The molecule has 2 rings (SSSR count). The van der Waals surface area contributed by atoms with Crippen LogP contribution in [-0.4, -0.2) is 18.9 Å². The maximum Gasteiger partial charge on any atom is 0.221 e. The molecule has 0 spiro atoms. The molecule has 0 bridgehead atoms. The zero-order valence-electron chi connectivity index (χ0n) is 14.7. The number of rotatable bonds is 6. The van der Waals surface area contributed by atoms with Crippen molar-refractivity contribution in [2.24, 2.45) is 5.92 Å². The van der Waals surface area contributed by atoms with Crippen molar-refractivity contribution in [3.8, 4) is 5.75 Å². The van der Waals surface area contributed by atoms with Crippen molar-refractivity contribution in [2.45, 2.75) is 58.4 Å². The topological polar surface area (TPSA) is 67.4 Å². The maximum absolute atomic E-state index is 12.2. The van der Waals surface area contributed by atoms with E-state index in [4.69, 9.17) is 4.74 Å². The molecule has 5 nitrogen and oxygen atoms in total. The Morgan fingerprint density at radius 1 is 1.17 bits per heavy atom. The van der Waals surface area contributed by atoms with E-state index in [0.29, 0.717) is 30.3 Å². The predicted octanol–water partition coefficient (Wildman–Crippen LogP) is 3.63. The fourth-order valence-electron chi connectivity index (χ4n) is 3.26. The van der Waals surface area contributed by atoms with Crippen LogP contribution in [0.25, 0.3) is 0 Å². The first-order valence-electron chi connectivity index (χ1n) is 8.79. The second-order valence-electron chi connectivity index (χ2n) is 6.55. The van der Waals surface area contributed by atoms with Crippen LogP contribution < -0.4 is 15.4 Å². The van der Waals surface area contributed by atoms with E-state index in [1.165, 1.54) is 45.4 Å². The second kappa shape index (κ2) is 9.30. The van der Waals surface area contributed by atoms with E-state index in [-0.39, 0.29) is 11.8 Å². The Kier molecular flexibility index (Phi) is 7.09. The van der Waals surface area contributed by atoms with Crippen molar-refractivity contribution >= 4 is 17.5 Å². The minimum atomic E-state index is -0.150. The number of amides is 2. The maximum atomic E-state index is 12.2. The fraction of sp³-hybridized carbons (Fsp3) is 0.579. The lowest BCUT2D eigenvalue weighted by Crippen LogP contribution is -2.25. The van der Waals surface area contributed by atoms with Crippen molar-refractivity contribution in [1.29, 1.82) is 0 Å². The van der Waals surface area contributed by atoms with E-state index >= 15 is 0 Å². The molecule has 1 aliphatic carbocycles. The number of hydrogen-bond donors (Lipinski definition) is 2. The van der Waals surface area contributed by atoms with Crippen molar-refractivity contribution in [3.63, 3.8) is 0 Å². The summed E-state index contributed by atoms with van der Waals surface area (Å²) in [4.78, 5) is 23.4. The third-order valence-corrected chi connectivity index (χ3v) is 4.51. The summed E-state index contributed by atoms with van der Waals surface area (Å²) in [5.74, 6) is 1.10. The lowest BCUT2D eigenvalue weighted by atomic mass is 9.96. The Balaban J connectivity index is 1.88. The molecule has 0 saturated heterocycles. The van der Waals surface area contributed by atoms with Gasteiger partial charge < -0.3 is 15.4 Å². The monoisotopic (exact) mass is 332 g/mol. The van der Waals surface area contributed by atoms with Crippen molar-refractivity contribution in [3.05, 3.63) is 23.8 Å². The quantitative estimate of drug-likeness (QED) is 0.782. The molecule has 5 heteroatoms. The smallest absolute Gasteiger partial charge is 0.221 e. The van der Waals surface area contributed by atoms with E-state index in [1.54, 1.807) is 13.2 Å². The number of carbonyl (C=O) groups excluding carboxylic acids is 2. The highest BCUT2D eigenvalue weighted by Crippen LogP contribution is 2.26. The van der Waals surface area contributed by atoms with Crippen LogP contribution in [-0.2, 0) is 16.1 Å². The number of hydrogen-bond acceptors (Lipinski definition) is 3. The van der Waals surface area contributed by atoms with Crippen LogP contribution in [0.15, 0.2) is 18.2 Å². The van der Waals surface area contributed by atoms with E-state index in [2.05, 4.69) is 10.6 Å². The number of methoxy groups -OCH3 is 1. The molecule has 1 fully saturated rings. The highest BCUT2D eigenvalue weighted by Gasteiger charge is 2.16. The minimum Gasteiger partial charge on any atom is -0.495 e. The van der Waals surface area contributed by atoms with E-state index in [0.717, 1.165) is 5.56 Å². The first kappa shape index (κ1) is 18.3. The Bertz CT molecular complexity index is 564. The average molecular weight is 332 g/mol. The van der Waals surface area contributed by atoms with Crippen LogP contribution in [0, 0.1) is 5.92 Å². The molecule has 132 valence electrons. The van der Waals surface area contributed by atoms with Gasteiger partial charge in [0, 0.05) is 19.9 Å². The Hall–Kier alpha value is -2.04. The molecular weight excluding hydrogens is 304 g/mol. The Morgan fingerprint density at radius 2 is 1.88 bits per heavy atom. The van der Waals surface area contributed by atoms with Crippen molar-refractivity contribution in [1.82, 2.24) is 5.32 Å². The van der Waals surface area contributed by atoms with Crippen LogP contribution in [0.3, 0.4) is 0 Å². The summed E-state index contributed by atoms with van der Waals surface area (Å²) in [6.45, 7) is 1.92. The summed E-state index contributed by atoms with van der Waals surface area (Å²) in [6.07, 6.45) is 8.05. The lowest BCUT2D eigenvalue weighted by molar-refractivity contribution is -0.122. The van der Waals surface area contributed by atoms with Gasteiger partial charge in [-0.15, -0.1) is 0 Å². The fourth-order valence-corrected chi connectivity index (χ4v) is 3.26. The molecule has 2 amide bonds. The normalized spacial score (nSPS) is 15.4. The first-order chi connectivity index (χ1) is 11.6. The van der Waals surface area contributed by atoms with Gasteiger partial charge in [0.2, 0.25) is 11.8 Å². The molecule has 0 radical (unpaired) electrons. The van der Waals surface area contributed by atoms with Gasteiger partial charge >= 0.3 is 0 Å². The third-order valence-electron chi connectivity index (χ3n) is 4.51. The minimum absolute atomic E-state index is 0.110. The number of benzene rings is 1. The molecule has 0 aliphatic heterocycles. The van der Waals surface area contributed by atoms with Gasteiger partial charge in [0.05, 0.1) is 12.8 Å². The second-order valence-corrected chi connectivity index (χ2v) is 6.55. The van der Waals surface area contributed by atoms with Gasteiger partial charge in [0.1, 0.15) is 5.75 Å². The number of carbonyl (C=O) groups is 2. The van der Waals surface area contributed by atoms with E-state index < -0.39 is 0 Å². The van der Waals surface area contributed by atoms with Crippen LogP contribution in [0.1, 0.15) is 57.4 Å². The Morgan fingerprint density at radius 3 is 2.50 bits per heavy atom. The summed E-state index contributed by atoms with van der Waals surface area (Å²) in [5.41, 5.74) is 1.56. The summed E-state index contributed by atoms with van der Waals surface area (Å²) in [7, 11) is 1.56. The molecule has 24 heavy (non-hydrogen) atoms. The van der Waals surface area contributed by atoms with Crippen molar-refractivity contribution in [2.75, 3.05) is 12.4 Å². The standard InChI is InChI=1S/C19H28N2O3/c1-14(22)21-17-11-16(9-10-18(17)24-2)13-20-19(23)12-15-7-5-3-4-6-8-15/h9-11,15H,3-8,12-13H2,1-2H3,(H,20,23)(H,21,22). The molecule has 1 saturated carbocycles. The molecule has 2 N–H and O–H groups in total. The highest BCUT2D eigenvalue weighted by molar-refractivity contribution is 5.90. The molecular formula is C19H28N2O3. The van der Waals surface area contributed by atoms with Crippen LogP contribution in [0.5, 0.6) is 5.75 Å². The summed E-state index contributed by atoms with van der Waals surface area (Å²) in [5, 5.41) is 5.74. The largest absolute Gasteiger partial charge is 0.495 e. The zero-order valence-corrected chi connectivity index (χ0v) is 14.7. The molecule has 0 aromatic heterocycles. The predicted molar refractivity (Wildman–Crippen MR) is 95.0 cm³/mol. The molecule has 0 atom stereocenters. The van der Waals surface area contributed by atoms with Crippen LogP contribution in [0.2, 0.25) is 0 Å². The summed E-state index contributed by atoms with van der Waals surface area (Å²) >= 11 is 0. The number of anilines is 1. The van der Waals surface area contributed by atoms with Crippen LogP contribution in [0.4, 0.5) is 5.69 Å². The van der Waals surface area contributed by atoms with Gasteiger partial charge in [-0.3, -0.25) is 9.59 Å². The SMILES string of the molecule is COc1ccc(CNC(=O)CC2CCCCCC2)cc1NC(C)=O. The molecule has 1 aromatic rings. The van der Waals surface area contributed by atoms with Gasteiger partial charge in [-0.25, -0.2) is 0 Å². The van der Waals surface area contributed by atoms with Gasteiger partial charge in [-0.2, -0.15) is 0 Å². The van der Waals surface area contributed by atoms with Gasteiger partial charge in [-0.05, 0) is 36.5 Å². The third kappa shape index (κ3) is 5.87. The highest BCUT2D eigenvalue weighted by atomic mass is 16.5. The van der Waals surface area contributed by atoms with Crippen molar-refractivity contribution < 1.29 is 14.3 Å². The molecule has 1 aromatic carbocycles. The first-order valence-corrected chi connectivity index (χ1v) is 8.79. The molecule has 0 unspecified atom stereocenters. The molecule has 1 aliphatic rings. The van der Waals surface area contributed by atoms with Gasteiger partial charge in [0.15, 0.2) is 0 Å². The number of ether oxygens (including phenoxy) is 1. The van der Waals surface area contributed by atoms with E-state index in [9.17, 15) is 9.59 Å².